The lowest BCUT2D eigenvalue weighted by molar-refractivity contribution is 0.0330. The zero-order chi connectivity index (χ0) is 18.0. The quantitative estimate of drug-likeness (QED) is 0.732. The molecule has 0 N–H and O–H groups in total. The fraction of sp³-hybridized carbons (Fsp3) is 0.409. The van der Waals surface area contributed by atoms with Gasteiger partial charge in [0.15, 0.2) is 0 Å². The summed E-state index contributed by atoms with van der Waals surface area (Å²) in [5.41, 5.74) is 3.78. The Balaban J connectivity index is 1.57. The average molecular weight is 349 g/mol. The summed E-state index contributed by atoms with van der Waals surface area (Å²) in [6, 6.07) is 21.5. The second kappa shape index (κ2) is 10.1. The molecule has 3 rings (SSSR count). The highest BCUT2D eigenvalue weighted by Crippen LogP contribution is 2.19. The number of rotatable bonds is 8. The van der Waals surface area contributed by atoms with Crippen LogP contribution in [0.1, 0.15) is 12.0 Å². The first-order valence-electron chi connectivity index (χ1n) is 9.39. The molecule has 4 nitrogen and oxygen atoms in total. The summed E-state index contributed by atoms with van der Waals surface area (Å²) in [6.07, 6.45) is 0.575. The Hall–Kier alpha value is -2.19. The lowest BCUT2D eigenvalue weighted by atomic mass is 10.0. The van der Waals surface area contributed by atoms with Crippen LogP contribution in [0.4, 0.5) is 0 Å². The normalized spacial score (nSPS) is 15.1. The van der Waals surface area contributed by atoms with Gasteiger partial charge in [0.2, 0.25) is 0 Å². The lowest BCUT2D eigenvalue weighted by Crippen LogP contribution is -2.41. The molecule has 0 spiro atoms. The molecule has 0 saturated carbocycles. The van der Waals surface area contributed by atoms with Crippen molar-refractivity contribution in [3.05, 3.63) is 60.2 Å². The van der Waals surface area contributed by atoms with E-state index in [1.165, 1.54) is 16.7 Å². The van der Waals surface area contributed by atoms with Gasteiger partial charge in [-0.2, -0.15) is 5.26 Å². The van der Waals surface area contributed by atoms with Crippen LogP contribution in [0.2, 0.25) is 0 Å². The molecule has 0 atom stereocenters. The minimum atomic E-state index is 0.575. The van der Waals surface area contributed by atoms with Gasteiger partial charge in [-0.15, -0.1) is 0 Å². The predicted molar refractivity (Wildman–Crippen MR) is 105 cm³/mol. The van der Waals surface area contributed by atoms with E-state index in [-0.39, 0.29) is 0 Å². The van der Waals surface area contributed by atoms with E-state index in [1.807, 2.05) is 6.07 Å². The minimum absolute atomic E-state index is 0.575. The monoisotopic (exact) mass is 349 g/mol. The molecule has 0 radical (unpaired) electrons. The molecule has 1 heterocycles. The topological polar surface area (TPSA) is 39.5 Å². The standard InChI is InChI=1S/C22H27N3O/c23-11-4-12-25(14-13-24-15-17-26-18-16-24)19-20-7-9-22(10-8-20)21-5-2-1-3-6-21/h1-3,5-10H,4,12-19H2. The number of nitriles is 1. The molecule has 0 aliphatic carbocycles. The first-order valence-corrected chi connectivity index (χ1v) is 9.39. The van der Waals surface area contributed by atoms with Gasteiger partial charge in [0.05, 0.1) is 19.3 Å². The van der Waals surface area contributed by atoms with E-state index < -0.39 is 0 Å². The fourth-order valence-electron chi connectivity index (χ4n) is 3.28. The molecule has 26 heavy (non-hydrogen) atoms. The van der Waals surface area contributed by atoms with Gasteiger partial charge in [0.25, 0.3) is 0 Å². The van der Waals surface area contributed by atoms with E-state index in [0.29, 0.717) is 6.42 Å². The maximum absolute atomic E-state index is 8.96. The second-order valence-electron chi connectivity index (χ2n) is 6.70. The van der Waals surface area contributed by atoms with Crippen molar-refractivity contribution in [3.63, 3.8) is 0 Å². The molecule has 1 aliphatic rings. The molecular formula is C22H27N3O. The van der Waals surface area contributed by atoms with Crippen LogP contribution in [0.3, 0.4) is 0 Å². The third-order valence-electron chi connectivity index (χ3n) is 4.84. The first kappa shape index (κ1) is 18.6. The van der Waals surface area contributed by atoms with E-state index >= 15 is 0 Å². The van der Waals surface area contributed by atoms with E-state index in [0.717, 1.165) is 52.5 Å². The number of hydrogen-bond donors (Lipinski definition) is 0. The van der Waals surface area contributed by atoms with Gasteiger partial charge in [-0.05, 0) is 16.7 Å². The number of nitrogens with zero attached hydrogens (tertiary/aromatic N) is 3. The van der Waals surface area contributed by atoms with Crippen LogP contribution in [0.15, 0.2) is 54.6 Å². The maximum Gasteiger partial charge on any atom is 0.0635 e. The maximum atomic E-state index is 8.96. The Labute approximate surface area is 156 Å². The molecule has 2 aromatic rings. The molecule has 0 unspecified atom stereocenters. The number of morpholine rings is 1. The second-order valence-corrected chi connectivity index (χ2v) is 6.70. The van der Waals surface area contributed by atoms with E-state index in [2.05, 4.69) is 64.4 Å². The highest BCUT2D eigenvalue weighted by atomic mass is 16.5. The third-order valence-corrected chi connectivity index (χ3v) is 4.84. The van der Waals surface area contributed by atoms with Gasteiger partial charge in [-0.25, -0.2) is 0 Å². The summed E-state index contributed by atoms with van der Waals surface area (Å²) in [5.74, 6) is 0. The highest BCUT2D eigenvalue weighted by Gasteiger charge is 2.13. The van der Waals surface area contributed by atoms with Crippen molar-refractivity contribution in [2.75, 3.05) is 45.9 Å². The molecule has 136 valence electrons. The highest BCUT2D eigenvalue weighted by molar-refractivity contribution is 5.63. The van der Waals surface area contributed by atoms with Gasteiger partial charge in [-0.3, -0.25) is 9.80 Å². The summed E-state index contributed by atoms with van der Waals surface area (Å²) in [6.45, 7) is 7.43. The van der Waals surface area contributed by atoms with Crippen LogP contribution in [-0.4, -0.2) is 55.7 Å². The zero-order valence-electron chi connectivity index (χ0n) is 15.3. The predicted octanol–water partition coefficient (Wildman–Crippen LogP) is 3.40. The van der Waals surface area contributed by atoms with E-state index in [1.54, 1.807) is 0 Å². The Bertz CT molecular complexity index is 688. The average Bonchev–Trinajstić information content (AvgIpc) is 2.72. The summed E-state index contributed by atoms with van der Waals surface area (Å²) >= 11 is 0. The molecule has 1 aliphatic heterocycles. The lowest BCUT2D eigenvalue weighted by Gasteiger charge is -2.29. The third kappa shape index (κ3) is 5.67. The Morgan fingerprint density at radius 2 is 1.62 bits per heavy atom. The van der Waals surface area contributed by atoms with Gasteiger partial charge < -0.3 is 4.74 Å². The zero-order valence-corrected chi connectivity index (χ0v) is 15.3. The van der Waals surface area contributed by atoms with Crippen LogP contribution >= 0.6 is 0 Å². The molecular weight excluding hydrogens is 322 g/mol. The molecule has 1 saturated heterocycles. The molecule has 2 aromatic carbocycles. The van der Waals surface area contributed by atoms with Gasteiger partial charge in [-0.1, -0.05) is 54.6 Å². The largest absolute Gasteiger partial charge is 0.379 e. The van der Waals surface area contributed by atoms with Crippen LogP contribution in [0.5, 0.6) is 0 Å². The number of hydrogen-bond acceptors (Lipinski definition) is 4. The van der Waals surface area contributed by atoms with Crippen molar-refractivity contribution in [1.29, 1.82) is 5.26 Å². The summed E-state index contributed by atoms with van der Waals surface area (Å²) in [4.78, 5) is 4.83. The summed E-state index contributed by atoms with van der Waals surface area (Å²) in [5, 5.41) is 8.96. The Morgan fingerprint density at radius 3 is 2.31 bits per heavy atom. The molecule has 0 aromatic heterocycles. The van der Waals surface area contributed by atoms with Crippen LogP contribution in [0, 0.1) is 11.3 Å². The molecule has 0 amide bonds. The fourth-order valence-corrected chi connectivity index (χ4v) is 3.28. The number of benzene rings is 2. The molecule has 0 bridgehead atoms. The summed E-state index contributed by atoms with van der Waals surface area (Å²) < 4.78 is 5.42. The van der Waals surface area contributed by atoms with Crippen molar-refractivity contribution >= 4 is 0 Å². The van der Waals surface area contributed by atoms with Crippen molar-refractivity contribution in [2.45, 2.75) is 13.0 Å². The van der Waals surface area contributed by atoms with Crippen molar-refractivity contribution in [1.82, 2.24) is 9.80 Å². The number of ether oxygens (including phenoxy) is 1. The first-order chi connectivity index (χ1) is 12.8. The minimum Gasteiger partial charge on any atom is -0.379 e. The smallest absolute Gasteiger partial charge is 0.0635 e. The Kier molecular flexibility index (Phi) is 7.21. The van der Waals surface area contributed by atoms with Gasteiger partial charge >= 0.3 is 0 Å². The Morgan fingerprint density at radius 1 is 0.923 bits per heavy atom. The van der Waals surface area contributed by atoms with E-state index in [4.69, 9.17) is 10.00 Å². The van der Waals surface area contributed by atoms with Crippen LogP contribution < -0.4 is 0 Å². The van der Waals surface area contributed by atoms with Gasteiger partial charge in [0.1, 0.15) is 0 Å². The molecule has 4 heteroatoms. The van der Waals surface area contributed by atoms with Gasteiger partial charge in [0, 0.05) is 45.7 Å². The van der Waals surface area contributed by atoms with Crippen molar-refractivity contribution < 1.29 is 4.74 Å². The van der Waals surface area contributed by atoms with Crippen molar-refractivity contribution in [3.8, 4) is 17.2 Å². The van der Waals surface area contributed by atoms with Crippen LogP contribution in [-0.2, 0) is 11.3 Å². The SMILES string of the molecule is N#CCCN(CCN1CCOCC1)Cc1ccc(-c2ccccc2)cc1. The van der Waals surface area contributed by atoms with Crippen molar-refractivity contribution in [2.24, 2.45) is 0 Å². The summed E-state index contributed by atoms with van der Waals surface area (Å²) in [7, 11) is 0. The van der Waals surface area contributed by atoms with Crippen LogP contribution in [0.25, 0.3) is 11.1 Å². The van der Waals surface area contributed by atoms with E-state index in [9.17, 15) is 0 Å². The molecule has 1 fully saturated rings.